The van der Waals surface area contributed by atoms with Gasteiger partial charge >= 0.3 is 0 Å². The van der Waals surface area contributed by atoms with Crippen LogP contribution in [0.2, 0.25) is 5.02 Å². The molecule has 0 saturated carbocycles. The average molecular weight is 376 g/mol. The first-order valence-corrected chi connectivity index (χ1v) is 8.66. The van der Waals surface area contributed by atoms with Crippen molar-refractivity contribution in [2.45, 2.75) is 25.5 Å². The van der Waals surface area contributed by atoms with Crippen molar-refractivity contribution in [1.29, 1.82) is 0 Å². The van der Waals surface area contributed by atoms with E-state index in [1.807, 2.05) is 12.1 Å². The van der Waals surface area contributed by atoms with Crippen molar-refractivity contribution in [3.05, 3.63) is 69.0 Å². The molecule has 7 nitrogen and oxygen atoms in total. The van der Waals surface area contributed by atoms with Gasteiger partial charge in [0.25, 0.3) is 11.6 Å². The molecule has 26 heavy (non-hydrogen) atoms. The first-order valence-electron chi connectivity index (χ1n) is 8.28. The van der Waals surface area contributed by atoms with Gasteiger partial charge in [-0.25, -0.2) is 0 Å². The second-order valence-corrected chi connectivity index (χ2v) is 6.51. The second-order valence-electron chi connectivity index (χ2n) is 6.10. The number of halogens is 1. The van der Waals surface area contributed by atoms with Gasteiger partial charge in [-0.1, -0.05) is 17.7 Å². The molecule has 3 rings (SSSR count). The maximum absolute atomic E-state index is 13.0. The topological polar surface area (TPSA) is 85.6 Å². The molecule has 1 aromatic heterocycles. The predicted molar refractivity (Wildman–Crippen MR) is 96.1 cm³/mol. The normalized spacial score (nSPS) is 16.4. The van der Waals surface area contributed by atoms with Gasteiger partial charge < -0.3 is 9.64 Å². The Bertz CT molecular complexity index is 794. The molecule has 1 amide bonds. The van der Waals surface area contributed by atoms with Crippen LogP contribution in [-0.4, -0.2) is 40.0 Å². The molecule has 1 atom stereocenters. The van der Waals surface area contributed by atoms with E-state index in [4.69, 9.17) is 16.3 Å². The lowest BCUT2D eigenvalue weighted by Crippen LogP contribution is -2.37. The Kier molecular flexibility index (Phi) is 5.80. The number of carbonyl (C=O) groups is 1. The molecule has 8 heteroatoms. The number of pyridine rings is 1. The van der Waals surface area contributed by atoms with Crippen molar-refractivity contribution in [1.82, 2.24) is 9.88 Å². The molecule has 1 saturated heterocycles. The third kappa shape index (κ3) is 4.36. The Labute approximate surface area is 155 Å². The number of rotatable bonds is 6. The molecular weight excluding hydrogens is 358 g/mol. The van der Waals surface area contributed by atoms with Crippen LogP contribution >= 0.6 is 11.6 Å². The number of nitro benzene ring substituents is 1. The fourth-order valence-electron chi connectivity index (χ4n) is 2.93. The second kappa shape index (κ2) is 8.25. The van der Waals surface area contributed by atoms with Crippen LogP contribution in [0.25, 0.3) is 0 Å². The largest absolute Gasteiger partial charge is 0.376 e. The SMILES string of the molecule is O=C(c1ccc([N+](=O)[O-])cc1Cl)N(Cc1cccnc1)CC1CCCO1. The lowest BCUT2D eigenvalue weighted by atomic mass is 10.1. The number of ether oxygens (including phenoxy) is 1. The van der Waals surface area contributed by atoms with Gasteiger partial charge in [-0.2, -0.15) is 0 Å². The van der Waals surface area contributed by atoms with Crippen LogP contribution in [0.3, 0.4) is 0 Å². The van der Waals surface area contributed by atoms with E-state index in [1.165, 1.54) is 18.2 Å². The number of carbonyl (C=O) groups excluding carboxylic acids is 1. The molecule has 0 spiro atoms. The monoisotopic (exact) mass is 375 g/mol. The maximum Gasteiger partial charge on any atom is 0.270 e. The fraction of sp³-hybridized carbons (Fsp3) is 0.333. The quantitative estimate of drug-likeness (QED) is 0.570. The summed E-state index contributed by atoms with van der Waals surface area (Å²) in [6, 6.07) is 7.58. The van der Waals surface area contributed by atoms with Gasteiger partial charge in [0.1, 0.15) is 0 Å². The smallest absolute Gasteiger partial charge is 0.270 e. The molecule has 1 aromatic carbocycles. The number of non-ortho nitro benzene ring substituents is 1. The van der Waals surface area contributed by atoms with Gasteiger partial charge in [0, 0.05) is 44.2 Å². The number of nitro groups is 1. The predicted octanol–water partition coefficient (Wildman–Crippen LogP) is 3.46. The van der Waals surface area contributed by atoms with E-state index in [-0.39, 0.29) is 28.3 Å². The Morgan fingerprint density at radius 1 is 1.42 bits per heavy atom. The molecule has 1 aliphatic rings. The molecule has 0 bridgehead atoms. The number of amides is 1. The summed E-state index contributed by atoms with van der Waals surface area (Å²) < 4.78 is 5.66. The van der Waals surface area contributed by atoms with E-state index >= 15 is 0 Å². The van der Waals surface area contributed by atoms with Crippen molar-refractivity contribution in [2.24, 2.45) is 0 Å². The molecule has 2 aromatic rings. The molecule has 1 aliphatic heterocycles. The number of nitrogens with zero attached hydrogens (tertiary/aromatic N) is 3. The Hall–Kier alpha value is -2.51. The third-order valence-electron chi connectivity index (χ3n) is 4.23. The summed E-state index contributed by atoms with van der Waals surface area (Å²) in [5.74, 6) is -0.288. The summed E-state index contributed by atoms with van der Waals surface area (Å²) in [6.45, 7) is 1.48. The van der Waals surface area contributed by atoms with Gasteiger partial charge in [-0.05, 0) is 30.5 Å². The number of hydrogen-bond donors (Lipinski definition) is 0. The van der Waals surface area contributed by atoms with Gasteiger partial charge in [-0.15, -0.1) is 0 Å². The molecule has 136 valence electrons. The summed E-state index contributed by atoms with van der Waals surface area (Å²) in [5.41, 5.74) is 0.973. The summed E-state index contributed by atoms with van der Waals surface area (Å²) in [7, 11) is 0. The Morgan fingerprint density at radius 2 is 2.27 bits per heavy atom. The fourth-order valence-corrected chi connectivity index (χ4v) is 3.18. The molecule has 0 radical (unpaired) electrons. The molecule has 1 fully saturated rings. The number of benzene rings is 1. The van der Waals surface area contributed by atoms with E-state index < -0.39 is 4.92 Å². The molecular formula is C18H18ClN3O4. The summed E-state index contributed by atoms with van der Waals surface area (Å²) >= 11 is 6.14. The summed E-state index contributed by atoms with van der Waals surface area (Å²) in [6.07, 6.45) is 5.21. The van der Waals surface area contributed by atoms with Crippen molar-refractivity contribution in [3.8, 4) is 0 Å². The minimum absolute atomic E-state index is 0.0209. The van der Waals surface area contributed by atoms with Crippen molar-refractivity contribution >= 4 is 23.2 Å². The zero-order valence-corrected chi connectivity index (χ0v) is 14.8. The van der Waals surface area contributed by atoms with Crippen LogP contribution in [0.5, 0.6) is 0 Å². The highest BCUT2D eigenvalue weighted by molar-refractivity contribution is 6.34. The van der Waals surface area contributed by atoms with Crippen LogP contribution in [0, 0.1) is 10.1 Å². The van der Waals surface area contributed by atoms with E-state index in [1.54, 1.807) is 17.3 Å². The lowest BCUT2D eigenvalue weighted by Gasteiger charge is -2.26. The zero-order chi connectivity index (χ0) is 18.5. The highest BCUT2D eigenvalue weighted by Gasteiger charge is 2.25. The minimum Gasteiger partial charge on any atom is -0.376 e. The van der Waals surface area contributed by atoms with Crippen LogP contribution in [0.4, 0.5) is 5.69 Å². The highest BCUT2D eigenvalue weighted by atomic mass is 35.5. The van der Waals surface area contributed by atoms with Crippen LogP contribution in [0.1, 0.15) is 28.8 Å². The minimum atomic E-state index is -0.542. The number of aromatic nitrogens is 1. The summed E-state index contributed by atoms with van der Waals surface area (Å²) in [4.78, 5) is 29.1. The summed E-state index contributed by atoms with van der Waals surface area (Å²) in [5, 5.41) is 10.9. The van der Waals surface area contributed by atoms with E-state index in [0.717, 1.165) is 18.4 Å². The lowest BCUT2D eigenvalue weighted by molar-refractivity contribution is -0.384. The van der Waals surface area contributed by atoms with Crippen molar-refractivity contribution in [2.75, 3.05) is 13.2 Å². The molecule has 0 aliphatic carbocycles. The maximum atomic E-state index is 13.0. The van der Waals surface area contributed by atoms with Crippen molar-refractivity contribution in [3.63, 3.8) is 0 Å². The van der Waals surface area contributed by atoms with Crippen LogP contribution in [-0.2, 0) is 11.3 Å². The van der Waals surface area contributed by atoms with Crippen molar-refractivity contribution < 1.29 is 14.5 Å². The molecule has 1 unspecified atom stereocenters. The standard InChI is InChI=1S/C18H18ClN3O4/c19-17-9-14(22(24)25)5-6-16(17)18(23)21(12-15-4-2-8-26-15)11-13-3-1-7-20-10-13/h1,3,5-7,9-10,15H,2,4,8,11-12H2. The Balaban J connectivity index is 1.84. The molecule has 2 heterocycles. The van der Waals surface area contributed by atoms with Gasteiger partial charge in [0.15, 0.2) is 0 Å². The van der Waals surface area contributed by atoms with Crippen LogP contribution < -0.4 is 0 Å². The number of hydrogen-bond acceptors (Lipinski definition) is 5. The van der Waals surface area contributed by atoms with Crippen LogP contribution in [0.15, 0.2) is 42.7 Å². The van der Waals surface area contributed by atoms with E-state index in [2.05, 4.69) is 4.98 Å². The van der Waals surface area contributed by atoms with E-state index in [9.17, 15) is 14.9 Å². The Morgan fingerprint density at radius 3 is 2.88 bits per heavy atom. The van der Waals surface area contributed by atoms with E-state index in [0.29, 0.717) is 19.7 Å². The average Bonchev–Trinajstić information content (AvgIpc) is 3.14. The zero-order valence-electron chi connectivity index (χ0n) is 14.0. The first-order chi connectivity index (χ1) is 12.5. The van der Waals surface area contributed by atoms with Gasteiger partial charge in [0.2, 0.25) is 0 Å². The highest BCUT2D eigenvalue weighted by Crippen LogP contribution is 2.25. The van der Waals surface area contributed by atoms with Gasteiger partial charge in [0.05, 0.1) is 21.6 Å². The molecule has 0 N–H and O–H groups in total. The third-order valence-corrected chi connectivity index (χ3v) is 4.54. The first kappa shape index (κ1) is 18.3. The van der Waals surface area contributed by atoms with Gasteiger partial charge in [-0.3, -0.25) is 19.9 Å².